The molecule has 0 aliphatic rings. The Morgan fingerprint density at radius 3 is 2.11 bits per heavy atom. The third-order valence-electron chi connectivity index (χ3n) is 5.02. The van der Waals surface area contributed by atoms with Gasteiger partial charge in [-0.2, -0.15) is 0 Å². The van der Waals surface area contributed by atoms with Gasteiger partial charge in [0.05, 0.1) is 12.6 Å². The molecule has 1 aromatic carbocycles. The molecule has 0 aromatic heterocycles. The maximum absolute atomic E-state index is 13.8. The van der Waals surface area contributed by atoms with E-state index in [2.05, 4.69) is 38.6 Å². The molecule has 0 heterocycles. The summed E-state index contributed by atoms with van der Waals surface area (Å²) in [4.78, 5) is 0. The first-order valence-electron chi connectivity index (χ1n) is 9.25. The van der Waals surface area contributed by atoms with Crippen molar-refractivity contribution >= 4 is 19.7 Å². The minimum absolute atomic E-state index is 0.0268. The molecule has 7 heteroatoms. The molecule has 1 rings (SSSR count). The van der Waals surface area contributed by atoms with E-state index < -0.39 is 36.4 Å². The van der Waals surface area contributed by atoms with Crippen molar-refractivity contribution in [3.05, 3.63) is 35.4 Å². The topological polar surface area (TPSA) is 44.3 Å². The Morgan fingerprint density at radius 2 is 1.67 bits per heavy atom. The lowest BCUT2D eigenvalue weighted by atomic mass is 10.0. The van der Waals surface area contributed by atoms with Crippen LogP contribution in [0.4, 0.5) is 8.78 Å². The summed E-state index contributed by atoms with van der Waals surface area (Å²) < 4.78 is 49.1. The molecule has 0 spiro atoms. The second-order valence-electron chi connectivity index (χ2n) is 9.64. The number of hydrogen-bond acceptors (Lipinski definition) is 3. The molecule has 0 bridgehead atoms. The van der Waals surface area contributed by atoms with Crippen LogP contribution in [-0.4, -0.2) is 24.2 Å². The lowest BCUT2D eigenvalue weighted by Gasteiger charge is -2.38. The summed E-state index contributed by atoms with van der Waals surface area (Å²) in [5.74, 6) is -2.93. The van der Waals surface area contributed by atoms with Gasteiger partial charge in [-0.25, -0.2) is 8.78 Å². The molecule has 2 atom stereocenters. The van der Waals surface area contributed by atoms with Crippen LogP contribution in [0, 0.1) is 0 Å². The van der Waals surface area contributed by atoms with Gasteiger partial charge in [-0.15, -0.1) is 4.72 Å². The van der Waals surface area contributed by atoms with Gasteiger partial charge in [-0.05, 0) is 50.5 Å². The normalized spacial score (nSPS) is 16.3. The van der Waals surface area contributed by atoms with Crippen molar-refractivity contribution in [1.82, 2.24) is 4.72 Å². The molecule has 3 nitrogen and oxygen atoms in total. The van der Waals surface area contributed by atoms with E-state index in [1.165, 1.54) is 12.1 Å². The van der Waals surface area contributed by atoms with Gasteiger partial charge < -0.3 is 8.98 Å². The summed E-state index contributed by atoms with van der Waals surface area (Å²) in [5, 5.41) is 0.0268. The maximum Gasteiger partial charge on any atom is 0.270 e. The number of hydrogen-bond donors (Lipinski definition) is 1. The van der Waals surface area contributed by atoms with E-state index in [1.54, 1.807) is 12.1 Å². The highest BCUT2D eigenvalue weighted by atomic mass is 32.2. The fraction of sp³-hybridized carbons (Fsp3) is 0.700. The molecule has 0 saturated carbocycles. The molecule has 1 aromatic rings. The van der Waals surface area contributed by atoms with E-state index in [0.29, 0.717) is 5.56 Å². The standard InChI is InChI=1S/C20H35F2NO2SSi/c1-18(2,3)26(24)23-17(14-25-27(8,9)19(4,5)6)15-11-10-12-16(13-15)20(7,21)22/h10-13,17,23H,14H2,1-9H3/t17?,26-/m0/s1. The van der Waals surface area contributed by atoms with Crippen molar-refractivity contribution in [2.45, 2.75) is 83.3 Å². The zero-order valence-electron chi connectivity index (χ0n) is 18.1. The molecule has 0 fully saturated rings. The summed E-state index contributed by atoms with van der Waals surface area (Å²) in [6, 6.07) is 5.86. The molecule has 1 unspecified atom stereocenters. The fourth-order valence-electron chi connectivity index (χ4n) is 2.04. The van der Waals surface area contributed by atoms with E-state index in [4.69, 9.17) is 4.43 Å². The van der Waals surface area contributed by atoms with E-state index in [0.717, 1.165) is 6.92 Å². The Kier molecular flexibility index (Phi) is 7.73. The molecule has 0 amide bonds. The zero-order chi connectivity index (χ0) is 21.3. The van der Waals surface area contributed by atoms with Crippen molar-refractivity contribution in [1.29, 1.82) is 0 Å². The van der Waals surface area contributed by atoms with Crippen molar-refractivity contribution in [2.75, 3.05) is 6.61 Å². The average Bonchev–Trinajstić information content (AvgIpc) is 2.48. The average molecular weight is 420 g/mol. The minimum atomic E-state index is -2.93. The predicted molar refractivity (Wildman–Crippen MR) is 113 cm³/mol. The van der Waals surface area contributed by atoms with Gasteiger partial charge in [-0.1, -0.05) is 39.0 Å². The second-order valence-corrected chi connectivity index (χ2v) is 16.4. The van der Waals surface area contributed by atoms with Crippen molar-refractivity contribution in [2.24, 2.45) is 0 Å². The Morgan fingerprint density at radius 1 is 1.11 bits per heavy atom. The molecule has 0 saturated heterocycles. The first-order valence-corrected chi connectivity index (χ1v) is 13.3. The van der Waals surface area contributed by atoms with Crippen LogP contribution >= 0.6 is 0 Å². The van der Waals surface area contributed by atoms with Crippen molar-refractivity contribution in [3.63, 3.8) is 0 Å². The number of halogens is 2. The highest BCUT2D eigenvalue weighted by molar-refractivity contribution is 7.90. The smallest absolute Gasteiger partial charge is 0.270 e. The van der Waals surface area contributed by atoms with Gasteiger partial charge in [0.2, 0.25) is 0 Å². The van der Waals surface area contributed by atoms with Crippen LogP contribution in [0.5, 0.6) is 0 Å². The summed E-state index contributed by atoms with van der Waals surface area (Å²) in [6.45, 7) is 17.5. The van der Waals surface area contributed by atoms with Crippen LogP contribution in [0.1, 0.15) is 65.6 Å². The summed E-state index contributed by atoms with van der Waals surface area (Å²) in [7, 11) is -2.03. The lowest BCUT2D eigenvalue weighted by Crippen LogP contribution is -2.46. The summed E-state index contributed by atoms with van der Waals surface area (Å²) in [6.07, 6.45) is 0. The first kappa shape index (κ1) is 24.6. The largest absolute Gasteiger partial charge is 0.598 e. The van der Waals surface area contributed by atoms with E-state index in [-0.39, 0.29) is 17.2 Å². The molecular weight excluding hydrogens is 384 g/mol. The maximum atomic E-state index is 13.8. The van der Waals surface area contributed by atoms with Crippen LogP contribution in [0.15, 0.2) is 24.3 Å². The molecule has 1 N–H and O–H groups in total. The molecule has 156 valence electrons. The lowest BCUT2D eigenvalue weighted by molar-refractivity contribution is 0.0173. The van der Waals surface area contributed by atoms with Crippen LogP contribution < -0.4 is 4.72 Å². The first-order chi connectivity index (χ1) is 11.9. The number of benzene rings is 1. The molecule has 27 heavy (non-hydrogen) atoms. The Hall–Kier alpha value is -0.473. The minimum Gasteiger partial charge on any atom is -0.598 e. The van der Waals surface area contributed by atoms with E-state index >= 15 is 0 Å². The Bertz CT molecular complexity index is 622. The quantitative estimate of drug-likeness (QED) is 0.441. The van der Waals surface area contributed by atoms with Crippen molar-refractivity contribution < 1.29 is 17.8 Å². The molecular formula is C20H35F2NO2SSi. The highest BCUT2D eigenvalue weighted by Crippen LogP contribution is 2.37. The summed E-state index contributed by atoms with van der Waals surface area (Å²) >= 11 is -1.35. The monoisotopic (exact) mass is 419 g/mol. The zero-order valence-corrected chi connectivity index (χ0v) is 19.9. The summed E-state index contributed by atoms with van der Waals surface area (Å²) in [5.41, 5.74) is 0.603. The van der Waals surface area contributed by atoms with Crippen LogP contribution in [0.3, 0.4) is 0 Å². The SMILES string of the molecule is CC(F)(F)c1cccc(C(CO[Si](C)(C)C(C)(C)C)N[S@@+]([O-])C(C)(C)C)c1. The van der Waals surface area contributed by atoms with Gasteiger partial charge in [0, 0.05) is 23.8 Å². The Balaban J connectivity index is 3.16. The van der Waals surface area contributed by atoms with Gasteiger partial charge in [0.15, 0.2) is 8.32 Å². The van der Waals surface area contributed by atoms with Gasteiger partial charge in [0.25, 0.3) is 5.92 Å². The third kappa shape index (κ3) is 7.13. The van der Waals surface area contributed by atoms with Crippen molar-refractivity contribution in [3.8, 4) is 0 Å². The predicted octanol–water partition coefficient (Wildman–Crippen LogP) is 5.91. The van der Waals surface area contributed by atoms with Crippen LogP contribution in [0.25, 0.3) is 0 Å². The van der Waals surface area contributed by atoms with Crippen LogP contribution in [0.2, 0.25) is 18.1 Å². The van der Waals surface area contributed by atoms with Crippen LogP contribution in [-0.2, 0) is 21.7 Å². The Labute approximate surface area is 167 Å². The van der Waals surface area contributed by atoms with Gasteiger partial charge in [0.1, 0.15) is 4.75 Å². The highest BCUT2D eigenvalue weighted by Gasteiger charge is 2.39. The number of alkyl halides is 2. The number of nitrogens with one attached hydrogen (secondary N) is 1. The molecule has 0 aliphatic carbocycles. The second kappa shape index (κ2) is 8.49. The van der Waals surface area contributed by atoms with Gasteiger partial charge >= 0.3 is 0 Å². The number of rotatable bonds is 7. The molecule has 0 radical (unpaired) electrons. The van der Waals surface area contributed by atoms with Gasteiger partial charge in [-0.3, -0.25) is 0 Å². The third-order valence-corrected chi connectivity index (χ3v) is 11.1. The van der Waals surface area contributed by atoms with E-state index in [9.17, 15) is 13.3 Å². The fourth-order valence-corrected chi connectivity index (χ4v) is 3.87. The molecule has 0 aliphatic heterocycles. The van der Waals surface area contributed by atoms with E-state index in [1.807, 2.05) is 20.8 Å².